The predicted octanol–water partition coefficient (Wildman–Crippen LogP) is 1.56. The molecule has 64 valence electrons. The number of allylic oxidation sites excluding steroid dienone is 1. The molecule has 1 aromatic heterocycles. The summed E-state index contributed by atoms with van der Waals surface area (Å²) in [7, 11) is 0. The first-order valence-electron chi connectivity index (χ1n) is 3.83. The van der Waals surface area contributed by atoms with Gasteiger partial charge >= 0.3 is 0 Å². The fourth-order valence-electron chi connectivity index (χ4n) is 0.896. The lowest BCUT2D eigenvalue weighted by atomic mass is 10.2. The molecule has 13 heavy (non-hydrogen) atoms. The van der Waals surface area contributed by atoms with E-state index >= 15 is 0 Å². The number of hydrogen-bond acceptors (Lipinski definition) is 3. The number of carbonyl (C=O) groups excluding carboxylic acids is 1. The highest BCUT2D eigenvalue weighted by molar-refractivity contribution is 5.60. The maximum atomic E-state index is 10.0. The largest absolute Gasteiger partial charge is 0.303 e. The summed E-state index contributed by atoms with van der Waals surface area (Å²) >= 11 is 0. The molecular weight excluding hydrogens is 164 g/mol. The summed E-state index contributed by atoms with van der Waals surface area (Å²) in [5.74, 6) is 0. The second kappa shape index (κ2) is 4.83. The lowest BCUT2D eigenvalue weighted by molar-refractivity contribution is -0.107. The van der Waals surface area contributed by atoms with Crippen molar-refractivity contribution < 1.29 is 4.79 Å². The van der Waals surface area contributed by atoms with Crippen molar-refractivity contribution in [1.82, 2.24) is 4.98 Å². The molecule has 0 saturated carbocycles. The summed E-state index contributed by atoms with van der Waals surface area (Å²) in [6.07, 6.45) is 6.15. The molecule has 1 heterocycles. The molecule has 0 bridgehead atoms. The Hall–Kier alpha value is -1.95. The summed E-state index contributed by atoms with van der Waals surface area (Å²) in [6, 6.07) is 5.51. The third-order valence-corrected chi connectivity index (χ3v) is 1.47. The average molecular weight is 172 g/mol. The molecule has 0 atom stereocenters. The van der Waals surface area contributed by atoms with Gasteiger partial charge in [-0.25, -0.2) is 4.98 Å². The zero-order valence-electron chi connectivity index (χ0n) is 6.97. The first-order valence-corrected chi connectivity index (χ1v) is 3.83. The molecule has 0 aliphatic rings. The van der Waals surface area contributed by atoms with Crippen LogP contribution in [0.5, 0.6) is 0 Å². The third kappa shape index (κ3) is 2.53. The number of nitrogens with zero attached hydrogens (tertiary/aromatic N) is 2. The van der Waals surface area contributed by atoms with E-state index in [1.54, 1.807) is 30.5 Å². The Morgan fingerprint density at radius 2 is 2.46 bits per heavy atom. The van der Waals surface area contributed by atoms with Gasteiger partial charge < -0.3 is 4.79 Å². The van der Waals surface area contributed by atoms with Crippen LogP contribution in [0.1, 0.15) is 17.7 Å². The number of nitriles is 1. The Balaban J connectivity index is 2.88. The zero-order chi connectivity index (χ0) is 9.52. The van der Waals surface area contributed by atoms with Gasteiger partial charge in [-0.1, -0.05) is 18.2 Å². The Bertz CT molecular complexity index is 363. The van der Waals surface area contributed by atoms with Crippen molar-refractivity contribution in [3.63, 3.8) is 0 Å². The van der Waals surface area contributed by atoms with Gasteiger partial charge in [0, 0.05) is 18.2 Å². The summed E-state index contributed by atoms with van der Waals surface area (Å²) in [5, 5.41) is 8.66. The van der Waals surface area contributed by atoms with Gasteiger partial charge in [-0.2, -0.15) is 5.26 Å². The van der Waals surface area contributed by atoms with E-state index in [1.165, 1.54) is 0 Å². The number of rotatable bonds is 3. The van der Waals surface area contributed by atoms with E-state index in [9.17, 15) is 4.79 Å². The van der Waals surface area contributed by atoms with E-state index in [2.05, 4.69) is 4.98 Å². The van der Waals surface area contributed by atoms with E-state index in [4.69, 9.17) is 5.26 Å². The molecule has 0 amide bonds. The van der Waals surface area contributed by atoms with Gasteiger partial charge in [-0.15, -0.1) is 0 Å². The van der Waals surface area contributed by atoms with Crippen LogP contribution in [0.25, 0.3) is 6.08 Å². The Kier molecular flexibility index (Phi) is 3.40. The van der Waals surface area contributed by atoms with Gasteiger partial charge in [0.25, 0.3) is 0 Å². The molecule has 0 unspecified atom stereocenters. The maximum Gasteiger partial charge on any atom is 0.147 e. The third-order valence-electron chi connectivity index (χ3n) is 1.47. The number of pyridine rings is 1. The molecule has 0 aliphatic heterocycles. The summed E-state index contributed by atoms with van der Waals surface area (Å²) in [6.45, 7) is 0. The van der Waals surface area contributed by atoms with Crippen molar-refractivity contribution in [1.29, 1.82) is 5.26 Å². The van der Waals surface area contributed by atoms with Crippen LogP contribution in [-0.4, -0.2) is 11.3 Å². The molecule has 1 rings (SSSR count). The van der Waals surface area contributed by atoms with E-state index < -0.39 is 0 Å². The quantitative estimate of drug-likeness (QED) is 0.650. The molecular formula is C10H8N2O. The highest BCUT2D eigenvalue weighted by Gasteiger charge is 1.95. The molecule has 1 aromatic rings. The van der Waals surface area contributed by atoms with Crippen molar-refractivity contribution in [2.45, 2.75) is 6.42 Å². The second-order valence-corrected chi connectivity index (χ2v) is 2.36. The molecule has 3 heteroatoms. The smallest absolute Gasteiger partial charge is 0.147 e. The number of hydrogen-bond donors (Lipinski definition) is 0. The van der Waals surface area contributed by atoms with Crippen molar-refractivity contribution in [3.8, 4) is 6.07 Å². The van der Waals surface area contributed by atoms with Crippen LogP contribution in [0.4, 0.5) is 0 Å². The Labute approximate surface area is 76.3 Å². The van der Waals surface area contributed by atoms with Crippen molar-refractivity contribution in [2.24, 2.45) is 0 Å². The number of aromatic nitrogens is 1. The van der Waals surface area contributed by atoms with E-state index in [-0.39, 0.29) is 0 Å². The molecule has 3 nitrogen and oxygen atoms in total. The van der Waals surface area contributed by atoms with Crippen LogP contribution in [0.2, 0.25) is 0 Å². The standard InChI is InChI=1S/C10H8N2O/c11-8-10-9(4-1-2-7-13)5-3-6-12-10/h1,3-7H,2H2. The number of carbonyl (C=O) groups is 1. The highest BCUT2D eigenvalue weighted by Crippen LogP contribution is 2.06. The predicted molar refractivity (Wildman–Crippen MR) is 48.7 cm³/mol. The molecule has 0 aromatic carbocycles. The molecule has 0 fully saturated rings. The lowest BCUT2D eigenvalue weighted by Crippen LogP contribution is -1.85. The minimum absolute atomic E-state index is 0.361. The van der Waals surface area contributed by atoms with Gasteiger partial charge in [0.1, 0.15) is 18.0 Å². The molecule has 0 aliphatic carbocycles. The monoisotopic (exact) mass is 172 g/mol. The van der Waals surface area contributed by atoms with Gasteiger partial charge in [0.15, 0.2) is 0 Å². The SMILES string of the molecule is N#Cc1ncccc1C=CCC=O. The van der Waals surface area contributed by atoms with E-state index in [0.29, 0.717) is 12.1 Å². The van der Waals surface area contributed by atoms with Crippen molar-refractivity contribution in [2.75, 3.05) is 0 Å². The van der Waals surface area contributed by atoms with Crippen LogP contribution in [0, 0.1) is 11.3 Å². The van der Waals surface area contributed by atoms with E-state index in [1.807, 2.05) is 6.07 Å². The highest BCUT2D eigenvalue weighted by atomic mass is 16.1. The summed E-state index contributed by atoms with van der Waals surface area (Å²) in [4.78, 5) is 13.9. The van der Waals surface area contributed by atoms with E-state index in [0.717, 1.165) is 11.8 Å². The minimum atomic E-state index is 0.361. The minimum Gasteiger partial charge on any atom is -0.303 e. The first-order chi connectivity index (χ1) is 6.38. The summed E-state index contributed by atoms with van der Waals surface area (Å²) in [5.41, 5.74) is 1.12. The van der Waals surface area contributed by atoms with Crippen molar-refractivity contribution in [3.05, 3.63) is 35.7 Å². The van der Waals surface area contributed by atoms with Gasteiger partial charge in [-0.05, 0) is 6.07 Å². The molecule has 0 radical (unpaired) electrons. The van der Waals surface area contributed by atoms with Gasteiger partial charge in [0.2, 0.25) is 0 Å². The first kappa shape index (κ1) is 9.14. The van der Waals surface area contributed by atoms with Gasteiger partial charge in [0.05, 0.1) is 0 Å². The Morgan fingerprint density at radius 1 is 1.62 bits per heavy atom. The summed E-state index contributed by atoms with van der Waals surface area (Å²) < 4.78 is 0. The number of aldehydes is 1. The molecule has 0 spiro atoms. The second-order valence-electron chi connectivity index (χ2n) is 2.36. The molecule has 0 N–H and O–H groups in total. The fraction of sp³-hybridized carbons (Fsp3) is 0.100. The molecule has 0 saturated heterocycles. The Morgan fingerprint density at radius 3 is 3.15 bits per heavy atom. The van der Waals surface area contributed by atoms with Crippen LogP contribution < -0.4 is 0 Å². The van der Waals surface area contributed by atoms with Crippen LogP contribution in [-0.2, 0) is 4.79 Å². The van der Waals surface area contributed by atoms with Crippen LogP contribution in [0.15, 0.2) is 24.4 Å². The fourth-order valence-corrected chi connectivity index (χ4v) is 0.896. The topological polar surface area (TPSA) is 53.8 Å². The zero-order valence-corrected chi connectivity index (χ0v) is 6.97. The lowest BCUT2D eigenvalue weighted by Gasteiger charge is -1.93. The maximum absolute atomic E-state index is 10.0. The van der Waals surface area contributed by atoms with Crippen LogP contribution in [0.3, 0.4) is 0 Å². The normalized spacial score (nSPS) is 9.77. The average Bonchev–Trinajstić information content (AvgIpc) is 2.19. The van der Waals surface area contributed by atoms with Crippen LogP contribution >= 0.6 is 0 Å². The van der Waals surface area contributed by atoms with Gasteiger partial charge in [-0.3, -0.25) is 0 Å². The van der Waals surface area contributed by atoms with Crippen molar-refractivity contribution >= 4 is 12.4 Å².